The Hall–Kier alpha value is -3.77. The number of aromatic nitrogens is 1. The smallest absolute Gasteiger partial charge is 0.307 e. The van der Waals surface area contributed by atoms with E-state index in [1.54, 1.807) is 48.5 Å². The molecule has 1 aromatic heterocycles. The minimum atomic E-state index is -0.925. The highest BCUT2D eigenvalue weighted by molar-refractivity contribution is 6.32. The number of aliphatic carboxylic acids is 1. The summed E-state index contributed by atoms with van der Waals surface area (Å²) in [6.07, 6.45) is 1.85. The minimum absolute atomic E-state index is 0.106. The van der Waals surface area contributed by atoms with Crippen LogP contribution in [0.3, 0.4) is 0 Å². The Morgan fingerprint density at radius 2 is 1.81 bits per heavy atom. The molecular weight excluding hydrogens is 416 g/mol. The first-order valence-electron chi connectivity index (χ1n) is 9.53. The molecule has 0 aliphatic carbocycles. The summed E-state index contributed by atoms with van der Waals surface area (Å²) in [6.45, 7) is 0. The van der Waals surface area contributed by atoms with Crippen molar-refractivity contribution in [2.24, 2.45) is 7.05 Å². The number of benzene rings is 3. The number of fused-ring (bicyclic) bond motifs is 1. The van der Waals surface area contributed by atoms with Gasteiger partial charge in [-0.25, -0.2) is 0 Å². The van der Waals surface area contributed by atoms with Crippen LogP contribution in [0.4, 0.5) is 5.69 Å². The van der Waals surface area contributed by atoms with Crippen LogP contribution < -0.4 is 10.1 Å². The average molecular weight is 435 g/mol. The van der Waals surface area contributed by atoms with E-state index in [9.17, 15) is 9.59 Å². The van der Waals surface area contributed by atoms with Crippen molar-refractivity contribution in [3.63, 3.8) is 0 Å². The van der Waals surface area contributed by atoms with Crippen LogP contribution in [0, 0.1) is 0 Å². The van der Waals surface area contributed by atoms with Gasteiger partial charge < -0.3 is 19.7 Å². The van der Waals surface area contributed by atoms with Gasteiger partial charge in [0.2, 0.25) is 0 Å². The third kappa shape index (κ3) is 4.70. The van der Waals surface area contributed by atoms with E-state index in [-0.39, 0.29) is 12.3 Å². The molecule has 1 amide bonds. The van der Waals surface area contributed by atoms with Gasteiger partial charge in [0.1, 0.15) is 11.5 Å². The maximum absolute atomic E-state index is 12.6. The number of rotatable bonds is 6. The second-order valence-electron chi connectivity index (χ2n) is 7.12. The lowest BCUT2D eigenvalue weighted by Gasteiger charge is -2.10. The molecule has 0 atom stereocenters. The summed E-state index contributed by atoms with van der Waals surface area (Å²) < 4.78 is 7.77. The number of carboxylic acid groups (broad SMARTS) is 1. The number of ether oxygens (including phenoxy) is 1. The molecule has 0 aliphatic heterocycles. The quantitative estimate of drug-likeness (QED) is 0.419. The van der Waals surface area contributed by atoms with Crippen LogP contribution in [0.5, 0.6) is 11.5 Å². The van der Waals surface area contributed by atoms with Crippen molar-refractivity contribution >= 4 is 40.1 Å². The van der Waals surface area contributed by atoms with Crippen LogP contribution in [0.2, 0.25) is 5.02 Å². The van der Waals surface area contributed by atoms with Gasteiger partial charge in [0.05, 0.1) is 11.4 Å². The molecule has 1 heterocycles. The van der Waals surface area contributed by atoms with Crippen LogP contribution in [0.1, 0.15) is 15.9 Å². The van der Waals surface area contributed by atoms with E-state index in [1.165, 1.54) is 0 Å². The van der Waals surface area contributed by atoms with Crippen molar-refractivity contribution in [1.82, 2.24) is 4.57 Å². The summed E-state index contributed by atoms with van der Waals surface area (Å²) in [6, 6.07) is 19.3. The predicted octanol–water partition coefficient (Wildman–Crippen LogP) is 5.50. The number of halogens is 1. The summed E-state index contributed by atoms with van der Waals surface area (Å²) in [4.78, 5) is 23.4. The molecule has 0 spiro atoms. The number of hydrogen-bond donors (Lipinski definition) is 2. The molecule has 0 aliphatic rings. The topological polar surface area (TPSA) is 80.6 Å². The number of carbonyl (C=O) groups is 2. The van der Waals surface area contributed by atoms with Crippen molar-refractivity contribution in [3.05, 3.63) is 89.1 Å². The Balaban J connectivity index is 1.43. The fourth-order valence-electron chi connectivity index (χ4n) is 3.27. The van der Waals surface area contributed by atoms with Gasteiger partial charge in [0, 0.05) is 35.4 Å². The Labute approximate surface area is 183 Å². The van der Waals surface area contributed by atoms with Crippen LogP contribution in [-0.4, -0.2) is 21.6 Å². The average Bonchev–Trinajstić information content (AvgIpc) is 3.11. The van der Waals surface area contributed by atoms with Gasteiger partial charge in [-0.05, 0) is 66.2 Å². The molecule has 2 N–H and O–H groups in total. The normalized spacial score (nSPS) is 10.8. The van der Waals surface area contributed by atoms with Gasteiger partial charge in [-0.15, -0.1) is 0 Å². The van der Waals surface area contributed by atoms with E-state index in [1.807, 2.05) is 36.0 Å². The third-order valence-electron chi connectivity index (χ3n) is 4.84. The molecule has 4 rings (SSSR count). The highest BCUT2D eigenvalue weighted by Gasteiger charge is 2.10. The van der Waals surface area contributed by atoms with Crippen molar-refractivity contribution in [2.45, 2.75) is 6.42 Å². The SMILES string of the molecule is Cn1ccc2cc(C(=O)Nc3ccc(Oc4ccc(CC(=O)O)cc4Cl)cc3)ccc21. The van der Waals surface area contributed by atoms with Gasteiger partial charge in [0.15, 0.2) is 0 Å². The maximum atomic E-state index is 12.6. The van der Waals surface area contributed by atoms with E-state index in [0.29, 0.717) is 33.3 Å². The third-order valence-corrected chi connectivity index (χ3v) is 5.13. The summed E-state index contributed by atoms with van der Waals surface area (Å²) in [7, 11) is 1.96. The lowest BCUT2D eigenvalue weighted by molar-refractivity contribution is -0.136. The number of nitrogens with one attached hydrogen (secondary N) is 1. The van der Waals surface area contributed by atoms with Crippen LogP contribution >= 0.6 is 11.6 Å². The Bertz CT molecular complexity index is 1280. The molecule has 156 valence electrons. The lowest BCUT2D eigenvalue weighted by atomic mass is 10.1. The van der Waals surface area contributed by atoms with Crippen LogP contribution in [0.25, 0.3) is 10.9 Å². The first kappa shape index (κ1) is 20.5. The number of nitrogens with zero attached hydrogens (tertiary/aromatic N) is 1. The number of carboxylic acids is 1. The van der Waals surface area contributed by atoms with Gasteiger partial charge >= 0.3 is 5.97 Å². The zero-order chi connectivity index (χ0) is 22.0. The maximum Gasteiger partial charge on any atom is 0.307 e. The Kier molecular flexibility index (Phi) is 5.64. The van der Waals surface area contributed by atoms with Crippen molar-refractivity contribution < 1.29 is 19.4 Å². The standard InChI is InChI=1S/C24H19ClN2O4/c1-27-11-10-16-14-17(3-8-21(16)27)24(30)26-18-4-6-19(7-5-18)31-22-9-2-15(12-20(22)25)13-23(28)29/h2-12,14H,13H2,1H3,(H,26,30)(H,28,29). The highest BCUT2D eigenvalue weighted by atomic mass is 35.5. The first-order valence-corrected chi connectivity index (χ1v) is 9.91. The molecule has 7 heteroatoms. The van der Waals surface area contributed by atoms with E-state index >= 15 is 0 Å². The summed E-state index contributed by atoms with van der Waals surface area (Å²) >= 11 is 6.20. The molecule has 0 bridgehead atoms. The van der Waals surface area contributed by atoms with E-state index in [0.717, 1.165) is 10.9 Å². The number of carbonyl (C=O) groups excluding carboxylic acids is 1. The fraction of sp³-hybridized carbons (Fsp3) is 0.0833. The van der Waals surface area contributed by atoms with Gasteiger partial charge in [-0.1, -0.05) is 17.7 Å². The van der Waals surface area contributed by atoms with Crippen LogP contribution in [-0.2, 0) is 18.3 Å². The number of aryl methyl sites for hydroxylation is 1. The zero-order valence-corrected chi connectivity index (χ0v) is 17.4. The van der Waals surface area contributed by atoms with Crippen LogP contribution in [0.15, 0.2) is 72.9 Å². The molecule has 0 radical (unpaired) electrons. The minimum Gasteiger partial charge on any atom is -0.481 e. The zero-order valence-electron chi connectivity index (χ0n) is 16.6. The van der Waals surface area contributed by atoms with E-state index < -0.39 is 5.97 Å². The molecule has 4 aromatic rings. The monoisotopic (exact) mass is 434 g/mol. The summed E-state index contributed by atoms with van der Waals surface area (Å²) in [5, 5.41) is 13.1. The lowest BCUT2D eigenvalue weighted by Crippen LogP contribution is -2.11. The number of amides is 1. The Morgan fingerprint density at radius 3 is 2.52 bits per heavy atom. The Morgan fingerprint density at radius 1 is 1.03 bits per heavy atom. The second-order valence-corrected chi connectivity index (χ2v) is 7.52. The molecule has 6 nitrogen and oxygen atoms in total. The molecule has 31 heavy (non-hydrogen) atoms. The van der Waals surface area contributed by atoms with Crippen molar-refractivity contribution in [2.75, 3.05) is 5.32 Å². The first-order chi connectivity index (χ1) is 14.9. The summed E-state index contributed by atoms with van der Waals surface area (Å²) in [5.74, 6) is -0.164. The number of anilines is 1. The van der Waals surface area contributed by atoms with Gasteiger partial charge in [0.25, 0.3) is 5.91 Å². The number of hydrogen-bond acceptors (Lipinski definition) is 3. The van der Waals surface area contributed by atoms with Gasteiger partial charge in [-0.3, -0.25) is 9.59 Å². The van der Waals surface area contributed by atoms with Crippen molar-refractivity contribution in [3.8, 4) is 11.5 Å². The van der Waals surface area contributed by atoms with Gasteiger partial charge in [-0.2, -0.15) is 0 Å². The summed E-state index contributed by atoms with van der Waals surface area (Å²) in [5.41, 5.74) is 2.87. The van der Waals surface area contributed by atoms with E-state index in [4.69, 9.17) is 21.4 Å². The molecule has 0 saturated carbocycles. The molecule has 0 fully saturated rings. The van der Waals surface area contributed by atoms with Crippen molar-refractivity contribution in [1.29, 1.82) is 0 Å². The van der Waals surface area contributed by atoms with E-state index in [2.05, 4.69) is 5.32 Å². The predicted molar refractivity (Wildman–Crippen MR) is 120 cm³/mol. The fourth-order valence-corrected chi connectivity index (χ4v) is 3.51. The second kappa shape index (κ2) is 8.53. The molecule has 0 saturated heterocycles. The highest BCUT2D eigenvalue weighted by Crippen LogP contribution is 2.31. The largest absolute Gasteiger partial charge is 0.481 e. The molecular formula is C24H19ClN2O4. The molecule has 0 unspecified atom stereocenters. The molecule has 3 aromatic carbocycles.